The van der Waals surface area contributed by atoms with E-state index in [0.717, 1.165) is 5.56 Å². The highest BCUT2D eigenvalue weighted by molar-refractivity contribution is 6.30. The van der Waals surface area contributed by atoms with Crippen LogP contribution in [0.25, 0.3) is 0 Å². The molecule has 0 spiro atoms. The van der Waals surface area contributed by atoms with Gasteiger partial charge in [-0.05, 0) is 30.5 Å². The third kappa shape index (κ3) is 3.75. The predicted molar refractivity (Wildman–Crippen MR) is 72.2 cm³/mol. The summed E-state index contributed by atoms with van der Waals surface area (Å²) >= 11 is 5.78. The van der Waals surface area contributed by atoms with Crippen molar-refractivity contribution in [2.24, 2.45) is 0 Å². The van der Waals surface area contributed by atoms with E-state index in [0.29, 0.717) is 17.9 Å². The Labute approximate surface area is 113 Å². The lowest BCUT2D eigenvalue weighted by atomic mass is 9.94. The van der Waals surface area contributed by atoms with E-state index in [1.165, 1.54) is 0 Å². The maximum absolute atomic E-state index is 11.9. The van der Waals surface area contributed by atoms with Gasteiger partial charge in [-0.1, -0.05) is 37.6 Å². The van der Waals surface area contributed by atoms with Crippen LogP contribution in [0.2, 0.25) is 5.02 Å². The Bertz CT molecular complexity index is 444. The van der Waals surface area contributed by atoms with Gasteiger partial charge in [0.15, 0.2) is 0 Å². The molecule has 0 bridgehead atoms. The van der Waals surface area contributed by atoms with Crippen LogP contribution in [-0.2, 0) is 11.2 Å². The average Bonchev–Trinajstić information content (AvgIpc) is 2.39. The highest BCUT2D eigenvalue weighted by Crippen LogP contribution is 2.15. The fourth-order valence-corrected chi connectivity index (χ4v) is 1.84. The van der Waals surface area contributed by atoms with Gasteiger partial charge in [-0.3, -0.25) is 4.79 Å². The minimum atomic E-state index is -0.747. The van der Waals surface area contributed by atoms with Gasteiger partial charge in [0, 0.05) is 5.02 Å². The Morgan fingerprint density at radius 3 is 2.33 bits per heavy atom. The molecule has 0 aliphatic rings. The summed E-state index contributed by atoms with van der Waals surface area (Å²) in [6.45, 7) is 3.80. The normalized spacial score (nSPS) is 10.8. The van der Waals surface area contributed by atoms with Gasteiger partial charge in [-0.2, -0.15) is 5.26 Å². The molecule has 0 fully saturated rings. The van der Waals surface area contributed by atoms with Crippen LogP contribution in [0.3, 0.4) is 0 Å². The van der Waals surface area contributed by atoms with Crippen LogP contribution in [0.15, 0.2) is 24.3 Å². The molecule has 4 heteroatoms. The number of benzene rings is 1. The maximum atomic E-state index is 11.9. The second-order valence-corrected chi connectivity index (χ2v) is 4.69. The topological polar surface area (TPSA) is 52.9 Å². The molecule has 0 atom stereocenters. The maximum Gasteiger partial charge on any atom is 0.225 e. The zero-order chi connectivity index (χ0) is 13.6. The fraction of sp³-hybridized carbons (Fsp3) is 0.429. The summed E-state index contributed by atoms with van der Waals surface area (Å²) in [6, 6.07) is 9.32. The van der Waals surface area contributed by atoms with E-state index in [2.05, 4.69) is 11.4 Å². The van der Waals surface area contributed by atoms with Gasteiger partial charge >= 0.3 is 0 Å². The summed E-state index contributed by atoms with van der Waals surface area (Å²) in [7, 11) is 0. The first-order valence-electron chi connectivity index (χ1n) is 6.02. The van der Waals surface area contributed by atoms with Crippen molar-refractivity contribution in [2.75, 3.05) is 0 Å². The van der Waals surface area contributed by atoms with Gasteiger partial charge in [0.2, 0.25) is 5.91 Å². The Morgan fingerprint density at radius 2 is 1.89 bits per heavy atom. The van der Waals surface area contributed by atoms with Crippen molar-refractivity contribution in [3.8, 4) is 6.07 Å². The Hall–Kier alpha value is -1.53. The van der Waals surface area contributed by atoms with Crippen molar-refractivity contribution in [1.29, 1.82) is 5.26 Å². The van der Waals surface area contributed by atoms with Crippen LogP contribution in [0.5, 0.6) is 0 Å². The van der Waals surface area contributed by atoms with E-state index in [1.807, 2.05) is 26.0 Å². The fourth-order valence-electron chi connectivity index (χ4n) is 1.71. The van der Waals surface area contributed by atoms with Crippen molar-refractivity contribution in [1.82, 2.24) is 5.32 Å². The number of rotatable bonds is 5. The number of nitrogens with zero attached hydrogens (tertiary/aromatic N) is 1. The van der Waals surface area contributed by atoms with Crippen molar-refractivity contribution in [3.05, 3.63) is 34.9 Å². The van der Waals surface area contributed by atoms with E-state index in [-0.39, 0.29) is 12.3 Å². The number of carbonyl (C=O) groups excluding carboxylic acids is 1. The monoisotopic (exact) mass is 264 g/mol. The molecule has 96 valence electrons. The van der Waals surface area contributed by atoms with Gasteiger partial charge in [0.05, 0.1) is 12.5 Å². The zero-order valence-electron chi connectivity index (χ0n) is 10.7. The first-order valence-corrected chi connectivity index (χ1v) is 6.39. The minimum absolute atomic E-state index is 0.137. The van der Waals surface area contributed by atoms with Crippen molar-refractivity contribution < 1.29 is 4.79 Å². The summed E-state index contributed by atoms with van der Waals surface area (Å²) in [5.74, 6) is -0.137. The summed E-state index contributed by atoms with van der Waals surface area (Å²) in [5.41, 5.74) is 0.139. The number of halogens is 1. The zero-order valence-corrected chi connectivity index (χ0v) is 11.4. The predicted octanol–water partition coefficient (Wildman–Crippen LogP) is 3.08. The highest BCUT2D eigenvalue weighted by Gasteiger charge is 2.27. The van der Waals surface area contributed by atoms with E-state index >= 15 is 0 Å². The third-order valence-electron chi connectivity index (χ3n) is 3.08. The second kappa shape index (κ2) is 6.42. The molecule has 18 heavy (non-hydrogen) atoms. The molecule has 1 aromatic rings. The molecule has 1 amide bonds. The Balaban J connectivity index is 2.67. The smallest absolute Gasteiger partial charge is 0.225 e. The van der Waals surface area contributed by atoms with Crippen molar-refractivity contribution >= 4 is 17.5 Å². The first kappa shape index (κ1) is 14.5. The van der Waals surface area contributed by atoms with Crippen LogP contribution < -0.4 is 5.32 Å². The Morgan fingerprint density at radius 1 is 1.33 bits per heavy atom. The number of hydrogen-bond donors (Lipinski definition) is 1. The largest absolute Gasteiger partial charge is 0.338 e. The van der Waals surface area contributed by atoms with E-state index in [9.17, 15) is 4.79 Å². The molecule has 3 nitrogen and oxygen atoms in total. The molecule has 0 aromatic heterocycles. The van der Waals surface area contributed by atoms with Crippen LogP contribution in [0.4, 0.5) is 0 Å². The standard InChI is InChI=1S/C14H17ClN2O/c1-3-14(4-2,10-16)17-13(18)9-11-5-7-12(15)8-6-11/h5-8H,3-4,9H2,1-2H3,(H,17,18). The SMILES string of the molecule is CCC(C#N)(CC)NC(=O)Cc1ccc(Cl)cc1. The van der Waals surface area contributed by atoms with Gasteiger partial charge in [-0.25, -0.2) is 0 Å². The van der Waals surface area contributed by atoms with Crippen LogP contribution in [-0.4, -0.2) is 11.4 Å². The third-order valence-corrected chi connectivity index (χ3v) is 3.33. The summed E-state index contributed by atoms with van der Waals surface area (Å²) in [5, 5.41) is 12.6. The number of nitriles is 1. The van der Waals surface area contributed by atoms with Crippen LogP contribution >= 0.6 is 11.6 Å². The van der Waals surface area contributed by atoms with Gasteiger partial charge < -0.3 is 5.32 Å². The van der Waals surface area contributed by atoms with Gasteiger partial charge in [0.1, 0.15) is 5.54 Å². The summed E-state index contributed by atoms with van der Waals surface area (Å²) < 4.78 is 0. The second-order valence-electron chi connectivity index (χ2n) is 4.25. The minimum Gasteiger partial charge on any atom is -0.338 e. The summed E-state index contributed by atoms with van der Waals surface area (Å²) in [4.78, 5) is 11.9. The van der Waals surface area contributed by atoms with Crippen molar-refractivity contribution in [3.63, 3.8) is 0 Å². The molecule has 1 N–H and O–H groups in total. The summed E-state index contributed by atoms with van der Waals surface area (Å²) in [6.07, 6.45) is 1.47. The van der Waals surface area contributed by atoms with E-state index < -0.39 is 5.54 Å². The molecule has 0 heterocycles. The molecule has 0 aliphatic carbocycles. The molecule has 0 radical (unpaired) electrons. The van der Waals surface area contributed by atoms with Crippen LogP contribution in [0, 0.1) is 11.3 Å². The van der Waals surface area contributed by atoms with Crippen LogP contribution in [0.1, 0.15) is 32.3 Å². The average molecular weight is 265 g/mol. The lowest BCUT2D eigenvalue weighted by Gasteiger charge is -2.24. The lowest BCUT2D eigenvalue weighted by molar-refractivity contribution is -0.121. The van der Waals surface area contributed by atoms with Crippen molar-refractivity contribution in [2.45, 2.75) is 38.6 Å². The van der Waals surface area contributed by atoms with E-state index in [4.69, 9.17) is 16.9 Å². The number of carbonyl (C=O) groups is 1. The highest BCUT2D eigenvalue weighted by atomic mass is 35.5. The molecular weight excluding hydrogens is 248 g/mol. The molecule has 0 saturated carbocycles. The van der Waals surface area contributed by atoms with Gasteiger partial charge in [-0.15, -0.1) is 0 Å². The molecule has 0 saturated heterocycles. The molecular formula is C14H17ClN2O. The quantitative estimate of drug-likeness (QED) is 0.889. The number of hydrogen-bond acceptors (Lipinski definition) is 2. The molecule has 1 rings (SSSR count). The first-order chi connectivity index (χ1) is 8.55. The molecule has 0 aliphatic heterocycles. The lowest BCUT2D eigenvalue weighted by Crippen LogP contribution is -2.47. The molecule has 1 aromatic carbocycles. The number of nitrogens with one attached hydrogen (secondary N) is 1. The molecule has 0 unspecified atom stereocenters. The Kier molecular flexibility index (Phi) is 5.18. The van der Waals surface area contributed by atoms with Gasteiger partial charge in [0.25, 0.3) is 0 Å². The van der Waals surface area contributed by atoms with E-state index in [1.54, 1.807) is 12.1 Å². The number of amides is 1.